The molecule has 0 bridgehead atoms. The Balaban J connectivity index is 1.40. The van der Waals surface area contributed by atoms with E-state index in [-0.39, 0.29) is 5.63 Å². The lowest BCUT2D eigenvalue weighted by molar-refractivity contribution is 0.304. The molecule has 3 aromatic rings. The molecule has 1 aromatic carbocycles. The maximum Gasteiger partial charge on any atom is 0.336 e. The molecule has 0 fully saturated rings. The van der Waals surface area contributed by atoms with Crippen LogP contribution >= 0.6 is 11.3 Å². The summed E-state index contributed by atoms with van der Waals surface area (Å²) in [6, 6.07) is 11.3. The predicted octanol–water partition coefficient (Wildman–Crippen LogP) is 7.28. The van der Waals surface area contributed by atoms with Crippen LogP contribution in [0.2, 0.25) is 0 Å². The van der Waals surface area contributed by atoms with E-state index in [9.17, 15) is 4.79 Å². The number of aryl methyl sites for hydroxylation is 1. The third-order valence-electron chi connectivity index (χ3n) is 5.16. The smallest absolute Gasteiger partial charge is 0.336 e. The van der Waals surface area contributed by atoms with Crippen LogP contribution in [0.1, 0.15) is 80.5 Å². The second kappa shape index (κ2) is 10.1. The van der Waals surface area contributed by atoms with Gasteiger partial charge in [-0.05, 0) is 60.9 Å². The molecule has 0 unspecified atom stereocenters. The minimum Gasteiger partial charge on any atom is -0.493 e. The van der Waals surface area contributed by atoms with Gasteiger partial charge in [0.1, 0.15) is 11.3 Å². The summed E-state index contributed by atoms with van der Waals surface area (Å²) >= 11 is 2.00. The molecule has 29 heavy (non-hydrogen) atoms. The van der Waals surface area contributed by atoms with E-state index in [1.165, 1.54) is 36.6 Å². The van der Waals surface area contributed by atoms with Gasteiger partial charge in [0.15, 0.2) is 0 Å². The number of rotatable bonds is 10. The zero-order chi connectivity index (χ0) is 20.8. The van der Waals surface area contributed by atoms with Gasteiger partial charge in [0.25, 0.3) is 0 Å². The van der Waals surface area contributed by atoms with Crippen LogP contribution in [0.15, 0.2) is 45.6 Å². The highest BCUT2D eigenvalue weighted by atomic mass is 32.1. The van der Waals surface area contributed by atoms with Crippen molar-refractivity contribution in [2.45, 2.75) is 71.6 Å². The number of hydrogen-bond acceptors (Lipinski definition) is 4. The van der Waals surface area contributed by atoms with E-state index in [0.717, 1.165) is 17.6 Å². The first-order chi connectivity index (χ1) is 13.9. The standard InChI is InChI=1S/C25H32O3S/c1-17(2)23-15-20(25(29-23)18(3)4)9-7-5-6-8-14-27-21-12-10-19-11-13-24(26)28-22(19)16-21/h10-13,15-18H,5-9,14H2,1-4H3. The van der Waals surface area contributed by atoms with Crippen LogP contribution in [-0.4, -0.2) is 6.61 Å². The molecule has 0 saturated carbocycles. The number of ether oxygens (including phenoxy) is 1. The highest BCUT2D eigenvalue weighted by molar-refractivity contribution is 7.12. The fourth-order valence-corrected chi connectivity index (χ4v) is 4.74. The summed E-state index contributed by atoms with van der Waals surface area (Å²) in [7, 11) is 0. The second-order valence-corrected chi connectivity index (χ2v) is 9.43. The van der Waals surface area contributed by atoms with Gasteiger partial charge in [-0.2, -0.15) is 0 Å². The molecule has 2 heterocycles. The van der Waals surface area contributed by atoms with Gasteiger partial charge in [-0.25, -0.2) is 4.79 Å². The molecule has 3 nitrogen and oxygen atoms in total. The summed E-state index contributed by atoms with van der Waals surface area (Å²) < 4.78 is 11.1. The Bertz CT molecular complexity index is 981. The lowest BCUT2D eigenvalue weighted by Gasteiger charge is -2.08. The van der Waals surface area contributed by atoms with E-state index in [2.05, 4.69) is 33.8 Å². The van der Waals surface area contributed by atoms with Crippen molar-refractivity contribution in [1.29, 1.82) is 0 Å². The topological polar surface area (TPSA) is 39.4 Å². The highest BCUT2D eigenvalue weighted by Crippen LogP contribution is 2.34. The predicted molar refractivity (Wildman–Crippen MR) is 123 cm³/mol. The third-order valence-corrected chi connectivity index (χ3v) is 6.94. The summed E-state index contributed by atoms with van der Waals surface area (Å²) in [5, 5.41) is 0.909. The molecule has 0 amide bonds. The molecule has 0 aliphatic carbocycles. The van der Waals surface area contributed by atoms with Crippen molar-refractivity contribution in [2.75, 3.05) is 6.61 Å². The number of unbranched alkanes of at least 4 members (excludes halogenated alkanes) is 3. The lowest BCUT2D eigenvalue weighted by Crippen LogP contribution is -1.99. The first kappa shape index (κ1) is 21.6. The van der Waals surface area contributed by atoms with E-state index in [0.29, 0.717) is 24.0 Å². The molecule has 2 aromatic heterocycles. The van der Waals surface area contributed by atoms with Crippen LogP contribution in [0.4, 0.5) is 0 Å². The molecule has 0 radical (unpaired) electrons. The van der Waals surface area contributed by atoms with Crippen molar-refractivity contribution in [1.82, 2.24) is 0 Å². The molecular formula is C25H32O3S. The van der Waals surface area contributed by atoms with E-state index < -0.39 is 0 Å². The van der Waals surface area contributed by atoms with E-state index in [1.54, 1.807) is 22.6 Å². The first-order valence-corrected chi connectivity index (χ1v) is 11.5. The summed E-state index contributed by atoms with van der Waals surface area (Å²) in [5.41, 5.74) is 1.80. The van der Waals surface area contributed by atoms with Gasteiger partial charge in [0, 0.05) is 27.3 Å². The van der Waals surface area contributed by atoms with Gasteiger partial charge in [0.2, 0.25) is 0 Å². The summed E-state index contributed by atoms with van der Waals surface area (Å²) in [5.74, 6) is 1.99. The van der Waals surface area contributed by atoms with Crippen molar-refractivity contribution >= 4 is 22.3 Å². The van der Waals surface area contributed by atoms with Crippen LogP contribution in [0.5, 0.6) is 5.75 Å². The molecule has 0 aliphatic heterocycles. The SMILES string of the molecule is CC(C)c1cc(CCCCCCOc2ccc3ccc(=O)oc3c2)c(C(C)C)s1. The highest BCUT2D eigenvalue weighted by Gasteiger charge is 2.13. The Labute approximate surface area is 177 Å². The van der Waals surface area contributed by atoms with Gasteiger partial charge in [0.05, 0.1) is 6.61 Å². The molecule has 0 spiro atoms. The fraction of sp³-hybridized carbons (Fsp3) is 0.480. The quantitative estimate of drug-likeness (QED) is 0.259. The summed E-state index contributed by atoms with van der Waals surface area (Å²) in [4.78, 5) is 14.4. The first-order valence-electron chi connectivity index (χ1n) is 10.7. The van der Waals surface area contributed by atoms with E-state index in [1.807, 2.05) is 23.5 Å². The average molecular weight is 413 g/mol. The molecule has 0 aliphatic rings. The van der Waals surface area contributed by atoms with E-state index in [4.69, 9.17) is 9.15 Å². The maximum atomic E-state index is 11.3. The monoisotopic (exact) mass is 412 g/mol. The summed E-state index contributed by atoms with van der Waals surface area (Å²) in [6.45, 7) is 9.85. The van der Waals surface area contributed by atoms with Crippen LogP contribution in [0.25, 0.3) is 11.0 Å². The molecule has 0 saturated heterocycles. The van der Waals surface area contributed by atoms with Crippen molar-refractivity contribution in [3.8, 4) is 5.75 Å². The van der Waals surface area contributed by atoms with Crippen molar-refractivity contribution in [2.24, 2.45) is 0 Å². The largest absolute Gasteiger partial charge is 0.493 e. The van der Waals surface area contributed by atoms with Gasteiger partial charge in [-0.15, -0.1) is 11.3 Å². The Kier molecular flexibility index (Phi) is 7.54. The van der Waals surface area contributed by atoms with E-state index >= 15 is 0 Å². The number of benzene rings is 1. The lowest BCUT2D eigenvalue weighted by atomic mass is 10.0. The zero-order valence-electron chi connectivity index (χ0n) is 18.0. The van der Waals surface area contributed by atoms with Gasteiger partial charge in [-0.1, -0.05) is 40.5 Å². The van der Waals surface area contributed by atoms with Gasteiger partial charge in [-0.3, -0.25) is 0 Å². The normalized spacial score (nSPS) is 11.7. The third kappa shape index (κ3) is 5.96. The molecule has 3 rings (SSSR count). The maximum absolute atomic E-state index is 11.3. The Hall–Kier alpha value is -2.07. The fourth-order valence-electron chi connectivity index (χ4n) is 3.53. The number of thiophene rings is 1. The Morgan fingerprint density at radius 1 is 0.931 bits per heavy atom. The van der Waals surface area contributed by atoms with Crippen molar-refractivity contribution in [3.05, 3.63) is 62.1 Å². The second-order valence-electron chi connectivity index (χ2n) is 8.31. The van der Waals surface area contributed by atoms with Crippen molar-refractivity contribution in [3.63, 3.8) is 0 Å². The molecule has 0 atom stereocenters. The molecule has 0 N–H and O–H groups in total. The van der Waals surface area contributed by atoms with Crippen LogP contribution in [0.3, 0.4) is 0 Å². The number of fused-ring (bicyclic) bond motifs is 1. The Morgan fingerprint density at radius 3 is 2.45 bits per heavy atom. The van der Waals surface area contributed by atoms with Gasteiger partial charge >= 0.3 is 5.63 Å². The number of hydrogen-bond donors (Lipinski definition) is 0. The summed E-state index contributed by atoms with van der Waals surface area (Å²) in [6.07, 6.45) is 5.84. The minimum absolute atomic E-state index is 0.332. The molecular weight excluding hydrogens is 380 g/mol. The van der Waals surface area contributed by atoms with Crippen LogP contribution in [-0.2, 0) is 6.42 Å². The Morgan fingerprint density at radius 2 is 1.69 bits per heavy atom. The zero-order valence-corrected chi connectivity index (χ0v) is 18.8. The van der Waals surface area contributed by atoms with Crippen LogP contribution < -0.4 is 10.4 Å². The minimum atomic E-state index is -0.332. The van der Waals surface area contributed by atoms with Gasteiger partial charge < -0.3 is 9.15 Å². The average Bonchev–Trinajstić information content (AvgIpc) is 3.12. The molecule has 156 valence electrons. The molecule has 4 heteroatoms. The van der Waals surface area contributed by atoms with Crippen LogP contribution in [0, 0.1) is 0 Å². The van der Waals surface area contributed by atoms with Crippen molar-refractivity contribution < 1.29 is 9.15 Å².